The van der Waals surface area contributed by atoms with E-state index in [0.29, 0.717) is 38.3 Å². The number of nitrogens with zero attached hydrogens (tertiary/aromatic N) is 4. The zero-order valence-corrected chi connectivity index (χ0v) is 17.6. The molecule has 1 fully saturated rings. The highest BCUT2D eigenvalue weighted by Gasteiger charge is 2.35. The monoisotopic (exact) mass is 404 g/mol. The third-order valence-electron chi connectivity index (χ3n) is 5.73. The molecular formula is C24H28N4O2. The number of carbonyl (C=O) groups is 2. The summed E-state index contributed by atoms with van der Waals surface area (Å²) in [5.41, 5.74) is 2.69. The van der Waals surface area contributed by atoms with Gasteiger partial charge in [-0.2, -0.15) is 5.10 Å². The van der Waals surface area contributed by atoms with Crippen LogP contribution in [-0.2, 0) is 9.59 Å². The minimum Gasteiger partial charge on any atom is -0.339 e. The van der Waals surface area contributed by atoms with Gasteiger partial charge in [-0.1, -0.05) is 62.4 Å². The van der Waals surface area contributed by atoms with Crippen LogP contribution in [0.4, 0.5) is 5.69 Å². The Kier molecular flexibility index (Phi) is 5.84. The van der Waals surface area contributed by atoms with E-state index in [1.54, 1.807) is 0 Å². The Morgan fingerprint density at radius 2 is 1.43 bits per heavy atom. The van der Waals surface area contributed by atoms with E-state index >= 15 is 0 Å². The van der Waals surface area contributed by atoms with Crippen LogP contribution in [0.1, 0.15) is 31.9 Å². The molecule has 0 N–H and O–H groups in total. The minimum absolute atomic E-state index is 0.00337. The van der Waals surface area contributed by atoms with Gasteiger partial charge in [-0.05, 0) is 17.7 Å². The molecule has 2 aromatic rings. The van der Waals surface area contributed by atoms with Crippen LogP contribution in [0.5, 0.6) is 0 Å². The third-order valence-corrected chi connectivity index (χ3v) is 5.73. The summed E-state index contributed by atoms with van der Waals surface area (Å²) in [5.74, 6) is 0.114. The molecule has 2 aliphatic rings. The number of hydrogen-bond acceptors (Lipinski definition) is 4. The van der Waals surface area contributed by atoms with Gasteiger partial charge in [-0.25, -0.2) is 0 Å². The maximum atomic E-state index is 13.2. The maximum Gasteiger partial charge on any atom is 0.270 e. The number of anilines is 1. The van der Waals surface area contributed by atoms with E-state index in [2.05, 4.69) is 12.1 Å². The van der Waals surface area contributed by atoms with Crippen molar-refractivity contribution in [2.75, 3.05) is 31.2 Å². The molecule has 4 rings (SSSR count). The highest BCUT2D eigenvalue weighted by atomic mass is 16.2. The minimum atomic E-state index is -0.0222. The molecule has 6 heteroatoms. The number of carbonyl (C=O) groups excluding carboxylic acids is 2. The van der Waals surface area contributed by atoms with Crippen LogP contribution in [0.15, 0.2) is 65.8 Å². The average molecular weight is 405 g/mol. The summed E-state index contributed by atoms with van der Waals surface area (Å²) in [7, 11) is 0. The third kappa shape index (κ3) is 4.08. The Bertz CT molecular complexity index is 919. The van der Waals surface area contributed by atoms with Gasteiger partial charge in [-0.3, -0.25) is 14.6 Å². The summed E-state index contributed by atoms with van der Waals surface area (Å²) < 4.78 is 0. The van der Waals surface area contributed by atoms with E-state index < -0.39 is 0 Å². The van der Waals surface area contributed by atoms with Gasteiger partial charge < -0.3 is 9.80 Å². The van der Waals surface area contributed by atoms with Crippen LogP contribution in [0.2, 0.25) is 0 Å². The normalized spacial score (nSPS) is 19.2. The maximum absolute atomic E-state index is 13.2. The van der Waals surface area contributed by atoms with Gasteiger partial charge in [0.2, 0.25) is 5.91 Å². The lowest BCUT2D eigenvalue weighted by Gasteiger charge is -2.35. The topological polar surface area (TPSA) is 56.2 Å². The quantitative estimate of drug-likeness (QED) is 0.786. The predicted molar refractivity (Wildman–Crippen MR) is 118 cm³/mol. The fourth-order valence-electron chi connectivity index (χ4n) is 4.07. The Balaban J connectivity index is 1.51. The van der Waals surface area contributed by atoms with E-state index in [1.807, 2.05) is 77.2 Å². The average Bonchev–Trinajstić information content (AvgIpc) is 3.25. The highest BCUT2D eigenvalue weighted by Crippen LogP contribution is 2.35. The molecule has 0 unspecified atom stereocenters. The summed E-state index contributed by atoms with van der Waals surface area (Å²) in [6, 6.07) is 20.2. The van der Waals surface area contributed by atoms with Crippen LogP contribution in [0.25, 0.3) is 0 Å². The fraction of sp³-hybridized carbons (Fsp3) is 0.375. The van der Waals surface area contributed by atoms with E-state index in [-0.39, 0.29) is 23.8 Å². The zero-order chi connectivity index (χ0) is 21.1. The van der Waals surface area contributed by atoms with Crippen molar-refractivity contribution in [3.8, 4) is 0 Å². The number of amides is 2. The fourth-order valence-corrected chi connectivity index (χ4v) is 4.07. The lowest BCUT2D eigenvalue weighted by molar-refractivity contribution is -0.139. The van der Waals surface area contributed by atoms with Crippen molar-refractivity contribution in [2.24, 2.45) is 11.0 Å². The van der Waals surface area contributed by atoms with Crippen molar-refractivity contribution >= 4 is 23.2 Å². The van der Waals surface area contributed by atoms with Crippen LogP contribution in [0, 0.1) is 5.92 Å². The van der Waals surface area contributed by atoms with Crippen molar-refractivity contribution < 1.29 is 9.59 Å². The van der Waals surface area contributed by atoms with E-state index in [1.165, 1.54) is 0 Å². The van der Waals surface area contributed by atoms with Gasteiger partial charge in [0.15, 0.2) is 0 Å². The molecule has 6 nitrogen and oxygen atoms in total. The molecular weight excluding hydrogens is 376 g/mol. The number of para-hydroxylation sites is 1. The number of piperazine rings is 1. The molecule has 0 aliphatic carbocycles. The van der Waals surface area contributed by atoms with Gasteiger partial charge in [0.1, 0.15) is 5.71 Å². The second-order valence-corrected chi connectivity index (χ2v) is 8.13. The van der Waals surface area contributed by atoms with Crippen molar-refractivity contribution in [3.05, 3.63) is 66.2 Å². The van der Waals surface area contributed by atoms with Crippen LogP contribution < -0.4 is 5.01 Å². The van der Waals surface area contributed by atoms with E-state index in [0.717, 1.165) is 11.3 Å². The first kappa shape index (κ1) is 20.1. The van der Waals surface area contributed by atoms with Crippen molar-refractivity contribution in [1.29, 1.82) is 0 Å². The molecule has 156 valence electrons. The Morgan fingerprint density at radius 3 is 2.03 bits per heavy atom. The standard InChI is InChI=1S/C24H28N4O2/c1-18(2)23(29)26-13-15-27(16-14-26)24(30)21-17-22(19-9-5-3-6-10-19)28(25-21)20-11-7-4-8-12-20/h3-12,18,22H,13-17H2,1-2H3/t22-/m0/s1. The molecule has 1 atom stereocenters. The van der Waals surface area contributed by atoms with Gasteiger partial charge in [0.05, 0.1) is 11.7 Å². The molecule has 2 amide bonds. The summed E-state index contributed by atoms with van der Waals surface area (Å²) in [6.45, 7) is 6.10. The number of hydrogen-bond donors (Lipinski definition) is 0. The second kappa shape index (κ2) is 8.69. The highest BCUT2D eigenvalue weighted by molar-refractivity contribution is 6.39. The molecule has 0 spiro atoms. The lowest BCUT2D eigenvalue weighted by atomic mass is 10.0. The number of rotatable bonds is 4. The number of hydrazone groups is 1. The predicted octanol–water partition coefficient (Wildman–Crippen LogP) is 3.32. The summed E-state index contributed by atoms with van der Waals surface area (Å²) in [4.78, 5) is 29.1. The smallest absolute Gasteiger partial charge is 0.270 e. The first-order chi connectivity index (χ1) is 14.5. The zero-order valence-electron chi connectivity index (χ0n) is 17.6. The van der Waals surface area contributed by atoms with Gasteiger partial charge >= 0.3 is 0 Å². The number of benzene rings is 2. The van der Waals surface area contributed by atoms with Crippen molar-refractivity contribution in [2.45, 2.75) is 26.3 Å². The molecule has 2 aromatic carbocycles. The van der Waals surface area contributed by atoms with Gasteiger partial charge in [-0.15, -0.1) is 0 Å². The molecule has 0 aromatic heterocycles. The van der Waals surface area contributed by atoms with Crippen molar-refractivity contribution in [3.63, 3.8) is 0 Å². The molecule has 0 saturated carbocycles. The first-order valence-corrected chi connectivity index (χ1v) is 10.6. The Labute approximate surface area is 177 Å². The second-order valence-electron chi connectivity index (χ2n) is 8.13. The lowest BCUT2D eigenvalue weighted by Crippen LogP contribution is -2.52. The van der Waals surface area contributed by atoms with Crippen LogP contribution in [0.3, 0.4) is 0 Å². The molecule has 2 heterocycles. The molecule has 2 aliphatic heterocycles. The van der Waals surface area contributed by atoms with Crippen LogP contribution >= 0.6 is 0 Å². The largest absolute Gasteiger partial charge is 0.339 e. The Morgan fingerprint density at radius 1 is 0.867 bits per heavy atom. The summed E-state index contributed by atoms with van der Waals surface area (Å²) in [5, 5.41) is 6.71. The van der Waals surface area contributed by atoms with Gasteiger partial charge in [0.25, 0.3) is 5.91 Å². The molecule has 1 saturated heterocycles. The summed E-state index contributed by atoms with van der Waals surface area (Å²) in [6.07, 6.45) is 0.572. The first-order valence-electron chi connectivity index (χ1n) is 10.6. The van der Waals surface area contributed by atoms with Crippen LogP contribution in [-0.4, -0.2) is 53.5 Å². The molecule has 0 radical (unpaired) electrons. The van der Waals surface area contributed by atoms with E-state index in [9.17, 15) is 9.59 Å². The summed E-state index contributed by atoms with van der Waals surface area (Å²) >= 11 is 0. The molecule has 0 bridgehead atoms. The van der Waals surface area contributed by atoms with E-state index in [4.69, 9.17) is 5.10 Å². The van der Waals surface area contributed by atoms with Gasteiger partial charge in [0, 0.05) is 38.5 Å². The Hall–Kier alpha value is -3.15. The SMILES string of the molecule is CC(C)C(=O)N1CCN(C(=O)C2=NN(c3ccccc3)[C@H](c3ccccc3)C2)CC1. The molecule has 30 heavy (non-hydrogen) atoms. The van der Waals surface area contributed by atoms with Crippen molar-refractivity contribution in [1.82, 2.24) is 9.80 Å².